The Morgan fingerprint density at radius 3 is 3.17 bits per heavy atom. The maximum absolute atomic E-state index is 5.65. The molecule has 0 amide bonds. The summed E-state index contributed by atoms with van der Waals surface area (Å²) in [6.45, 7) is 0. The minimum atomic E-state index is 0.685. The molecule has 1 aromatic carbocycles. The summed E-state index contributed by atoms with van der Waals surface area (Å²) in [5.41, 5.74) is 4.25. The fourth-order valence-electron chi connectivity index (χ4n) is 1.16. The molecule has 62 valence electrons. The van der Waals surface area contributed by atoms with Crippen LogP contribution >= 0.6 is 22.9 Å². The Kier molecular flexibility index (Phi) is 2.28. The first-order chi connectivity index (χ1) is 5.90. The molecule has 0 aliphatic carbocycles. The first-order valence-corrected chi connectivity index (χ1v) is 5.19. The zero-order chi connectivity index (χ0) is 8.39. The monoisotopic (exact) mass is 197 g/mol. The van der Waals surface area contributed by atoms with E-state index in [4.69, 9.17) is 11.6 Å². The lowest BCUT2D eigenvalue weighted by molar-refractivity contribution is 1.16. The molecule has 0 aliphatic heterocycles. The van der Waals surface area contributed by atoms with Gasteiger partial charge in [0.25, 0.3) is 0 Å². The molecular formula is C9H8ClNS. The number of benzene rings is 1. The van der Waals surface area contributed by atoms with Crippen molar-refractivity contribution in [3.8, 4) is 0 Å². The van der Waals surface area contributed by atoms with Crippen LogP contribution in [-0.2, 0) is 6.42 Å². The first kappa shape index (κ1) is 8.02. The van der Waals surface area contributed by atoms with Crippen molar-refractivity contribution in [2.75, 3.05) is 5.88 Å². The van der Waals surface area contributed by atoms with E-state index in [1.807, 2.05) is 11.6 Å². The quantitative estimate of drug-likeness (QED) is 0.675. The minimum Gasteiger partial charge on any atom is -0.245 e. The van der Waals surface area contributed by atoms with Crippen LogP contribution in [0.25, 0.3) is 10.2 Å². The third-order valence-electron chi connectivity index (χ3n) is 1.78. The average Bonchev–Trinajstić information content (AvgIpc) is 2.51. The molecule has 1 heterocycles. The van der Waals surface area contributed by atoms with E-state index in [-0.39, 0.29) is 0 Å². The van der Waals surface area contributed by atoms with Gasteiger partial charge in [0.2, 0.25) is 0 Å². The topological polar surface area (TPSA) is 12.9 Å². The van der Waals surface area contributed by atoms with E-state index < -0.39 is 0 Å². The van der Waals surface area contributed by atoms with Crippen LogP contribution in [0, 0.1) is 0 Å². The molecule has 1 aromatic heterocycles. The van der Waals surface area contributed by atoms with E-state index in [1.54, 1.807) is 11.3 Å². The first-order valence-electron chi connectivity index (χ1n) is 3.78. The van der Waals surface area contributed by atoms with Gasteiger partial charge >= 0.3 is 0 Å². The highest BCUT2D eigenvalue weighted by Gasteiger charge is 1.97. The Morgan fingerprint density at radius 2 is 2.33 bits per heavy atom. The second-order valence-electron chi connectivity index (χ2n) is 2.59. The van der Waals surface area contributed by atoms with Crippen molar-refractivity contribution in [1.82, 2.24) is 4.98 Å². The van der Waals surface area contributed by atoms with Gasteiger partial charge in [0, 0.05) is 5.88 Å². The van der Waals surface area contributed by atoms with Gasteiger partial charge in [-0.25, -0.2) is 4.98 Å². The molecule has 2 aromatic rings. The Morgan fingerprint density at radius 1 is 1.42 bits per heavy atom. The van der Waals surface area contributed by atoms with E-state index in [0.717, 1.165) is 11.9 Å². The highest BCUT2D eigenvalue weighted by Crippen LogP contribution is 2.19. The number of aryl methyl sites for hydroxylation is 1. The third-order valence-corrected chi connectivity index (χ3v) is 2.76. The van der Waals surface area contributed by atoms with Gasteiger partial charge in [0.1, 0.15) is 0 Å². The predicted octanol–water partition coefficient (Wildman–Crippen LogP) is 3.08. The molecule has 0 atom stereocenters. The van der Waals surface area contributed by atoms with Crippen LogP contribution in [0.4, 0.5) is 0 Å². The summed E-state index contributed by atoms with van der Waals surface area (Å²) in [4.78, 5) is 4.21. The number of nitrogens with zero attached hydrogens (tertiary/aromatic N) is 1. The fraction of sp³-hybridized carbons (Fsp3) is 0.222. The zero-order valence-electron chi connectivity index (χ0n) is 6.46. The SMILES string of the molecule is ClCCc1ccc2ncsc2c1. The van der Waals surface area contributed by atoms with Crippen molar-refractivity contribution in [1.29, 1.82) is 0 Å². The molecule has 0 saturated carbocycles. The van der Waals surface area contributed by atoms with Crippen molar-refractivity contribution >= 4 is 33.2 Å². The van der Waals surface area contributed by atoms with Crippen molar-refractivity contribution < 1.29 is 0 Å². The summed E-state index contributed by atoms with van der Waals surface area (Å²) in [6, 6.07) is 6.30. The van der Waals surface area contributed by atoms with Gasteiger partial charge in [-0.1, -0.05) is 6.07 Å². The van der Waals surface area contributed by atoms with E-state index >= 15 is 0 Å². The van der Waals surface area contributed by atoms with Crippen LogP contribution < -0.4 is 0 Å². The van der Waals surface area contributed by atoms with Crippen LogP contribution in [0.2, 0.25) is 0 Å². The number of halogens is 1. The number of hydrogen-bond acceptors (Lipinski definition) is 2. The van der Waals surface area contributed by atoms with Crippen molar-refractivity contribution in [2.45, 2.75) is 6.42 Å². The number of alkyl halides is 1. The molecule has 0 aliphatic rings. The molecule has 0 fully saturated rings. The highest BCUT2D eigenvalue weighted by atomic mass is 35.5. The van der Waals surface area contributed by atoms with E-state index in [0.29, 0.717) is 5.88 Å². The lowest BCUT2D eigenvalue weighted by Gasteiger charge is -1.95. The molecule has 0 saturated heterocycles. The van der Waals surface area contributed by atoms with Crippen LogP contribution in [0.1, 0.15) is 5.56 Å². The molecule has 2 rings (SSSR count). The highest BCUT2D eigenvalue weighted by molar-refractivity contribution is 7.16. The smallest absolute Gasteiger partial charge is 0.0812 e. The zero-order valence-corrected chi connectivity index (χ0v) is 8.03. The van der Waals surface area contributed by atoms with E-state index in [9.17, 15) is 0 Å². The maximum Gasteiger partial charge on any atom is 0.0812 e. The second kappa shape index (κ2) is 3.42. The molecule has 0 bridgehead atoms. The Labute approximate surface area is 80.0 Å². The molecule has 1 nitrogen and oxygen atoms in total. The summed E-state index contributed by atoms with van der Waals surface area (Å²) >= 11 is 7.32. The van der Waals surface area contributed by atoms with Gasteiger partial charge in [-0.15, -0.1) is 22.9 Å². The fourth-order valence-corrected chi connectivity index (χ4v) is 2.12. The van der Waals surface area contributed by atoms with E-state index in [1.165, 1.54) is 10.3 Å². The molecule has 12 heavy (non-hydrogen) atoms. The maximum atomic E-state index is 5.65. The molecule has 0 radical (unpaired) electrons. The predicted molar refractivity (Wildman–Crippen MR) is 54.0 cm³/mol. The van der Waals surface area contributed by atoms with Crippen LogP contribution in [0.15, 0.2) is 23.7 Å². The van der Waals surface area contributed by atoms with E-state index in [2.05, 4.69) is 17.1 Å². The lowest BCUT2D eigenvalue weighted by Crippen LogP contribution is -1.84. The average molecular weight is 198 g/mol. The van der Waals surface area contributed by atoms with Gasteiger partial charge in [-0.3, -0.25) is 0 Å². The van der Waals surface area contributed by atoms with Crippen LogP contribution in [0.3, 0.4) is 0 Å². The summed E-state index contributed by atoms with van der Waals surface area (Å²) in [5.74, 6) is 0.685. The molecule has 0 unspecified atom stereocenters. The second-order valence-corrected chi connectivity index (χ2v) is 3.86. The largest absolute Gasteiger partial charge is 0.245 e. The minimum absolute atomic E-state index is 0.685. The Bertz CT molecular complexity index is 383. The molecule has 3 heteroatoms. The standard InChI is InChI=1S/C9H8ClNS/c10-4-3-7-1-2-8-9(5-7)12-6-11-8/h1-2,5-6H,3-4H2. The van der Waals surface area contributed by atoms with Gasteiger partial charge in [0.15, 0.2) is 0 Å². The van der Waals surface area contributed by atoms with Gasteiger partial charge in [-0.2, -0.15) is 0 Å². The number of aromatic nitrogens is 1. The van der Waals surface area contributed by atoms with Gasteiger partial charge in [0.05, 0.1) is 15.7 Å². The van der Waals surface area contributed by atoms with Gasteiger partial charge < -0.3 is 0 Å². The number of fused-ring (bicyclic) bond motifs is 1. The number of hydrogen-bond donors (Lipinski definition) is 0. The summed E-state index contributed by atoms with van der Waals surface area (Å²) in [7, 11) is 0. The Balaban J connectivity index is 2.46. The van der Waals surface area contributed by atoms with Gasteiger partial charge in [-0.05, 0) is 24.1 Å². The van der Waals surface area contributed by atoms with Crippen molar-refractivity contribution in [2.24, 2.45) is 0 Å². The summed E-state index contributed by atoms with van der Waals surface area (Å²) in [6.07, 6.45) is 0.940. The lowest BCUT2D eigenvalue weighted by atomic mass is 10.2. The van der Waals surface area contributed by atoms with Crippen LogP contribution in [-0.4, -0.2) is 10.9 Å². The molecule has 0 N–H and O–H groups in total. The normalized spacial score (nSPS) is 10.8. The van der Waals surface area contributed by atoms with Crippen LogP contribution in [0.5, 0.6) is 0 Å². The number of rotatable bonds is 2. The van der Waals surface area contributed by atoms with Crippen molar-refractivity contribution in [3.63, 3.8) is 0 Å². The van der Waals surface area contributed by atoms with Crippen molar-refractivity contribution in [3.05, 3.63) is 29.3 Å². The Hall–Kier alpha value is -0.600. The summed E-state index contributed by atoms with van der Waals surface area (Å²) < 4.78 is 1.25. The third kappa shape index (κ3) is 1.45. The number of thiazole rings is 1. The molecular weight excluding hydrogens is 190 g/mol. The molecule has 0 spiro atoms. The summed E-state index contributed by atoms with van der Waals surface area (Å²) in [5, 5.41) is 0.